The van der Waals surface area contributed by atoms with Gasteiger partial charge in [0.25, 0.3) is 0 Å². The molecule has 2 atom stereocenters. The maximum atomic E-state index is 12.9. The van der Waals surface area contributed by atoms with E-state index in [0.717, 1.165) is 12.1 Å². The number of Topliss-reactive ketones (excluding diaryl/α,β-unsaturated/α-hetero) is 2. The van der Waals surface area contributed by atoms with Gasteiger partial charge in [-0.15, -0.1) is 0 Å². The second kappa shape index (κ2) is 10.7. The minimum Gasteiger partial charge on any atom is -0.507 e. The Kier molecular flexibility index (Phi) is 8.04. The summed E-state index contributed by atoms with van der Waals surface area (Å²) in [5.74, 6) is -6.09. The molecular weight excluding hydrogens is 484 g/mol. The lowest BCUT2D eigenvalue weighted by Crippen LogP contribution is -2.24. The van der Waals surface area contributed by atoms with Crippen LogP contribution in [0.3, 0.4) is 0 Å². The zero-order valence-corrected chi connectivity index (χ0v) is 21.0. The molecule has 37 heavy (non-hydrogen) atoms. The Morgan fingerprint density at radius 3 is 1.84 bits per heavy atom. The quantitative estimate of drug-likeness (QED) is 0.195. The molecule has 0 saturated carbocycles. The summed E-state index contributed by atoms with van der Waals surface area (Å²) in [7, 11) is 0. The maximum Gasteiger partial charge on any atom is 0.170 e. The molecule has 1 heterocycles. The first-order chi connectivity index (χ1) is 17.3. The maximum absolute atomic E-state index is 12.9. The first-order valence-electron chi connectivity index (χ1n) is 11.9. The van der Waals surface area contributed by atoms with Crippen molar-refractivity contribution in [3.05, 3.63) is 40.6 Å². The van der Waals surface area contributed by atoms with Gasteiger partial charge in [-0.1, -0.05) is 27.7 Å². The van der Waals surface area contributed by atoms with Crippen LogP contribution in [0.2, 0.25) is 0 Å². The number of carbonyl (C=O) groups is 2. The number of phenols is 5. The van der Waals surface area contributed by atoms with Crippen LogP contribution in [0, 0.1) is 11.8 Å². The molecule has 0 amide bonds. The van der Waals surface area contributed by atoms with Gasteiger partial charge >= 0.3 is 0 Å². The van der Waals surface area contributed by atoms with Crippen molar-refractivity contribution in [1.82, 2.24) is 0 Å². The SMILES string of the molecule is CC(C)CC(=O)c1c(O)cc(O)c(C(c2cc3c(O)cc(O)c(C(=O)CC(C)C)c3o2)C(O)CO)c1O. The number of aliphatic hydroxyl groups excluding tert-OH is 2. The predicted molar refractivity (Wildman–Crippen MR) is 133 cm³/mol. The molecular formula is C27H32O10. The molecule has 10 nitrogen and oxygen atoms in total. The van der Waals surface area contributed by atoms with Gasteiger partial charge in [0, 0.05) is 30.5 Å². The molecule has 0 spiro atoms. The minimum atomic E-state index is -1.69. The summed E-state index contributed by atoms with van der Waals surface area (Å²) in [5.41, 5.74) is -1.27. The van der Waals surface area contributed by atoms with Gasteiger partial charge in [-0.05, 0) is 17.9 Å². The Balaban J connectivity index is 2.30. The predicted octanol–water partition coefficient (Wildman–Crippen LogP) is 3.90. The third-order valence-electron chi connectivity index (χ3n) is 6.02. The number of carbonyl (C=O) groups excluding carboxylic acids is 2. The molecule has 3 rings (SSSR count). The van der Waals surface area contributed by atoms with E-state index in [1.165, 1.54) is 6.07 Å². The molecule has 0 saturated heterocycles. The zero-order chi connectivity index (χ0) is 27.8. The second-order valence-electron chi connectivity index (χ2n) is 10.0. The summed E-state index contributed by atoms with van der Waals surface area (Å²) in [6.07, 6.45) is -1.66. The van der Waals surface area contributed by atoms with Gasteiger partial charge < -0.3 is 40.2 Å². The molecule has 0 fully saturated rings. The molecule has 0 aliphatic rings. The lowest BCUT2D eigenvalue weighted by molar-refractivity contribution is 0.0758. The van der Waals surface area contributed by atoms with Crippen LogP contribution in [0.25, 0.3) is 11.0 Å². The number of ketones is 2. The normalized spacial score (nSPS) is 13.4. The van der Waals surface area contributed by atoms with E-state index in [2.05, 4.69) is 0 Å². The molecule has 10 heteroatoms. The summed E-state index contributed by atoms with van der Waals surface area (Å²) < 4.78 is 5.83. The van der Waals surface area contributed by atoms with E-state index in [4.69, 9.17) is 4.42 Å². The van der Waals surface area contributed by atoms with Crippen molar-refractivity contribution < 1.29 is 49.8 Å². The van der Waals surface area contributed by atoms with Crippen molar-refractivity contribution in [2.45, 2.75) is 52.6 Å². The molecule has 0 aliphatic heterocycles. The standard InChI is InChI=1S/C27H32O10/c1-11(2)5-15(30)22-17(32)9-19(34)25(26(22)36)24(20(35)10-28)21-7-13-14(29)8-18(33)23(27(13)37-21)16(31)6-12(3)4/h7-9,11-12,20,24,28-29,32-36H,5-6,10H2,1-4H3. The van der Waals surface area contributed by atoms with Crippen molar-refractivity contribution in [3.8, 4) is 28.7 Å². The Hall–Kier alpha value is -3.76. The van der Waals surface area contributed by atoms with Crippen molar-refractivity contribution in [2.24, 2.45) is 11.8 Å². The fourth-order valence-electron chi connectivity index (χ4n) is 4.42. The van der Waals surface area contributed by atoms with Gasteiger partial charge in [-0.25, -0.2) is 0 Å². The fourth-order valence-corrected chi connectivity index (χ4v) is 4.42. The molecule has 3 aromatic rings. The monoisotopic (exact) mass is 516 g/mol. The summed E-state index contributed by atoms with van der Waals surface area (Å²) in [4.78, 5) is 25.6. The Morgan fingerprint density at radius 2 is 1.30 bits per heavy atom. The van der Waals surface area contributed by atoms with Crippen molar-refractivity contribution in [1.29, 1.82) is 0 Å². The summed E-state index contributed by atoms with van der Waals surface area (Å²) in [5, 5.41) is 73.3. The van der Waals surface area contributed by atoms with E-state index >= 15 is 0 Å². The number of benzene rings is 2. The van der Waals surface area contributed by atoms with E-state index in [1.54, 1.807) is 13.8 Å². The van der Waals surface area contributed by atoms with Crippen LogP contribution in [-0.2, 0) is 0 Å². The molecule has 0 aliphatic carbocycles. The number of hydrogen-bond donors (Lipinski definition) is 7. The highest BCUT2D eigenvalue weighted by Gasteiger charge is 2.36. The summed E-state index contributed by atoms with van der Waals surface area (Å²) in [6, 6.07) is 3.05. The lowest BCUT2D eigenvalue weighted by atomic mass is 9.86. The van der Waals surface area contributed by atoms with Gasteiger partial charge in [0.1, 0.15) is 45.6 Å². The Bertz CT molecular complexity index is 1340. The number of rotatable bonds is 10. The van der Waals surface area contributed by atoms with E-state index in [9.17, 15) is 45.3 Å². The third kappa shape index (κ3) is 5.35. The summed E-state index contributed by atoms with van der Waals surface area (Å²) in [6.45, 7) is 6.28. The van der Waals surface area contributed by atoms with Gasteiger partial charge in [0.15, 0.2) is 17.1 Å². The zero-order valence-electron chi connectivity index (χ0n) is 21.0. The van der Waals surface area contributed by atoms with Crippen molar-refractivity contribution in [2.75, 3.05) is 6.61 Å². The minimum absolute atomic E-state index is 0.00362. The van der Waals surface area contributed by atoms with Crippen LogP contribution >= 0.6 is 0 Å². The number of furan rings is 1. The smallest absolute Gasteiger partial charge is 0.170 e. The van der Waals surface area contributed by atoms with Gasteiger partial charge in [-0.2, -0.15) is 0 Å². The highest BCUT2D eigenvalue weighted by Crippen LogP contribution is 2.48. The fraction of sp³-hybridized carbons (Fsp3) is 0.407. The molecule has 7 N–H and O–H groups in total. The second-order valence-corrected chi connectivity index (χ2v) is 10.0. The average molecular weight is 517 g/mol. The molecule has 1 aromatic heterocycles. The van der Waals surface area contributed by atoms with E-state index < -0.39 is 70.1 Å². The molecule has 0 radical (unpaired) electrons. The first kappa shape index (κ1) is 27.8. The molecule has 0 bridgehead atoms. The topological polar surface area (TPSA) is 189 Å². The van der Waals surface area contributed by atoms with Crippen LogP contribution in [-0.4, -0.2) is 60.0 Å². The highest BCUT2D eigenvalue weighted by atomic mass is 16.4. The average Bonchev–Trinajstić information content (AvgIpc) is 3.19. The van der Waals surface area contributed by atoms with Gasteiger partial charge in [0.2, 0.25) is 0 Å². The largest absolute Gasteiger partial charge is 0.507 e. The highest BCUT2D eigenvalue weighted by molar-refractivity contribution is 6.10. The number of fused-ring (bicyclic) bond motifs is 1. The van der Waals surface area contributed by atoms with Crippen LogP contribution in [0.1, 0.15) is 78.5 Å². The Morgan fingerprint density at radius 1 is 0.784 bits per heavy atom. The van der Waals surface area contributed by atoms with Crippen LogP contribution < -0.4 is 0 Å². The van der Waals surface area contributed by atoms with Crippen LogP contribution in [0.15, 0.2) is 22.6 Å². The number of hydrogen-bond acceptors (Lipinski definition) is 10. The Labute approximate surface area is 213 Å². The number of aromatic hydroxyl groups is 5. The molecule has 200 valence electrons. The van der Waals surface area contributed by atoms with E-state index in [0.29, 0.717) is 0 Å². The van der Waals surface area contributed by atoms with Crippen molar-refractivity contribution >= 4 is 22.5 Å². The molecule has 2 aromatic carbocycles. The first-order valence-corrected chi connectivity index (χ1v) is 11.9. The lowest BCUT2D eigenvalue weighted by Gasteiger charge is -2.23. The number of phenolic OH excluding ortho intramolecular Hbond substituents is 5. The van der Waals surface area contributed by atoms with E-state index in [1.807, 2.05) is 13.8 Å². The van der Waals surface area contributed by atoms with Crippen molar-refractivity contribution in [3.63, 3.8) is 0 Å². The van der Waals surface area contributed by atoms with Crippen LogP contribution in [0.5, 0.6) is 28.7 Å². The number of aliphatic hydroxyl groups is 2. The molecule has 2 unspecified atom stereocenters. The van der Waals surface area contributed by atoms with Gasteiger partial charge in [0.05, 0.1) is 24.0 Å². The van der Waals surface area contributed by atoms with Gasteiger partial charge in [-0.3, -0.25) is 9.59 Å². The van der Waals surface area contributed by atoms with Crippen LogP contribution in [0.4, 0.5) is 0 Å². The summed E-state index contributed by atoms with van der Waals surface area (Å²) >= 11 is 0. The van der Waals surface area contributed by atoms with E-state index in [-0.39, 0.29) is 47.0 Å². The third-order valence-corrected chi connectivity index (χ3v) is 6.02.